The smallest absolute Gasteiger partial charge is 0.160 e. The number of furan rings is 1. The van der Waals surface area contributed by atoms with E-state index in [0.29, 0.717) is 5.82 Å². The van der Waals surface area contributed by atoms with Gasteiger partial charge in [0.05, 0.1) is 22.4 Å². The van der Waals surface area contributed by atoms with Crippen molar-refractivity contribution in [1.29, 1.82) is 0 Å². The number of hydrogen-bond donors (Lipinski definition) is 0. The number of benzene rings is 7. The van der Waals surface area contributed by atoms with Crippen LogP contribution in [-0.2, 0) is 5.41 Å². The Labute approximate surface area is 306 Å². The molecule has 0 N–H and O–H groups in total. The third-order valence-corrected chi connectivity index (χ3v) is 11.2. The Bertz CT molecular complexity index is 3000. The second-order valence-corrected chi connectivity index (χ2v) is 14.5. The van der Waals surface area contributed by atoms with E-state index in [1.165, 1.54) is 38.4 Å². The minimum absolute atomic E-state index is 0.204. The lowest BCUT2D eigenvalue weighted by Crippen LogP contribution is -2.15. The highest BCUT2D eigenvalue weighted by atomic mass is 16.3. The highest BCUT2D eigenvalue weighted by Crippen LogP contribution is 2.58. The van der Waals surface area contributed by atoms with Crippen LogP contribution in [-0.4, -0.2) is 14.5 Å². The zero-order chi connectivity index (χ0) is 35.3. The Morgan fingerprint density at radius 1 is 0.547 bits per heavy atom. The molecule has 3 aromatic heterocycles. The van der Waals surface area contributed by atoms with E-state index in [9.17, 15) is 0 Å². The highest BCUT2D eigenvalue weighted by Gasteiger charge is 2.41. The van der Waals surface area contributed by atoms with Crippen LogP contribution in [0.4, 0.5) is 0 Å². The maximum Gasteiger partial charge on any atom is 0.160 e. The lowest BCUT2D eigenvalue weighted by molar-refractivity contribution is 0.658. The normalized spacial score (nSPS) is 13.2. The van der Waals surface area contributed by atoms with Crippen molar-refractivity contribution in [3.8, 4) is 50.7 Å². The van der Waals surface area contributed by atoms with Gasteiger partial charge in [0.25, 0.3) is 0 Å². The second kappa shape index (κ2) is 11.1. The molecule has 0 aliphatic heterocycles. The molecule has 4 nitrogen and oxygen atoms in total. The Morgan fingerprint density at radius 2 is 1.15 bits per heavy atom. The molecule has 0 saturated heterocycles. The minimum Gasteiger partial charge on any atom is -0.454 e. The monoisotopic (exact) mass is 679 g/mol. The average Bonchev–Trinajstić information content (AvgIpc) is 3.84. The van der Waals surface area contributed by atoms with E-state index in [0.717, 1.165) is 61.4 Å². The van der Waals surface area contributed by atoms with Crippen molar-refractivity contribution in [1.82, 2.24) is 14.5 Å². The summed E-state index contributed by atoms with van der Waals surface area (Å²) in [7, 11) is 0. The maximum absolute atomic E-state index is 6.94. The van der Waals surface area contributed by atoms with Crippen LogP contribution < -0.4 is 0 Å². The predicted molar refractivity (Wildman–Crippen MR) is 218 cm³/mol. The molecule has 4 heteroatoms. The maximum atomic E-state index is 6.94. The van der Waals surface area contributed by atoms with Crippen LogP contribution >= 0.6 is 0 Å². The van der Waals surface area contributed by atoms with E-state index in [4.69, 9.17) is 14.4 Å². The number of para-hydroxylation sites is 2. The van der Waals surface area contributed by atoms with Gasteiger partial charge in [-0.1, -0.05) is 147 Å². The van der Waals surface area contributed by atoms with Gasteiger partial charge in [0, 0.05) is 49.3 Å². The van der Waals surface area contributed by atoms with E-state index < -0.39 is 0 Å². The van der Waals surface area contributed by atoms with Crippen LogP contribution in [0, 0.1) is 0 Å². The largest absolute Gasteiger partial charge is 0.454 e. The number of hydrogen-bond acceptors (Lipinski definition) is 3. The van der Waals surface area contributed by atoms with E-state index >= 15 is 0 Å². The van der Waals surface area contributed by atoms with Gasteiger partial charge in [-0.25, -0.2) is 9.97 Å². The first-order chi connectivity index (χ1) is 26.1. The number of nitrogens with zero attached hydrogens (tertiary/aromatic N) is 3. The standard InChI is InChI=1S/C49H33N3O/c1-49(2)37-22-12-9-19-34(37)42-43-35-20-10-13-23-40(35)52(46(43)47-44(45(42)49)36-21-11-14-24-41(36)53-47)33-27-25-31(26-28-33)39-29-38(30-15-5-3-6-16-30)50-48(51-39)32-17-7-4-8-18-32/h3-29H,1-2H3. The second-order valence-electron chi connectivity index (χ2n) is 14.5. The van der Waals surface area contributed by atoms with Gasteiger partial charge in [0.15, 0.2) is 11.4 Å². The zero-order valence-corrected chi connectivity index (χ0v) is 29.3. The molecule has 3 heterocycles. The molecular formula is C49H33N3O. The highest BCUT2D eigenvalue weighted by molar-refractivity contribution is 6.29. The summed E-state index contributed by atoms with van der Waals surface area (Å²) in [6.45, 7) is 4.73. The lowest BCUT2D eigenvalue weighted by atomic mass is 9.80. The molecule has 0 atom stereocenters. The van der Waals surface area contributed by atoms with Crippen LogP contribution in [0.3, 0.4) is 0 Å². The summed E-state index contributed by atoms with van der Waals surface area (Å²) in [6.07, 6.45) is 0. The first kappa shape index (κ1) is 29.9. The summed E-state index contributed by atoms with van der Waals surface area (Å²) in [6, 6.07) is 57.7. The molecule has 0 amide bonds. The summed E-state index contributed by atoms with van der Waals surface area (Å²) in [5.41, 5.74) is 15.1. The fraction of sp³-hybridized carbons (Fsp3) is 0.0612. The Kier molecular flexibility index (Phi) is 6.27. The molecule has 1 aliphatic rings. The van der Waals surface area contributed by atoms with Gasteiger partial charge in [-0.15, -0.1) is 0 Å². The molecule has 0 spiro atoms. The Balaban J connectivity index is 1.18. The van der Waals surface area contributed by atoms with Crippen LogP contribution in [0.25, 0.3) is 94.5 Å². The topological polar surface area (TPSA) is 43.9 Å². The Morgan fingerprint density at radius 3 is 1.91 bits per heavy atom. The Hall–Kier alpha value is -6.78. The average molecular weight is 680 g/mol. The number of aromatic nitrogens is 3. The van der Waals surface area contributed by atoms with Gasteiger partial charge in [0.2, 0.25) is 0 Å². The van der Waals surface area contributed by atoms with Crippen LogP contribution in [0.2, 0.25) is 0 Å². The third kappa shape index (κ3) is 4.30. The van der Waals surface area contributed by atoms with Crippen molar-refractivity contribution in [2.45, 2.75) is 19.3 Å². The molecule has 1 aliphatic carbocycles. The van der Waals surface area contributed by atoms with Crippen molar-refractivity contribution < 1.29 is 4.42 Å². The van der Waals surface area contributed by atoms with Gasteiger partial charge in [0.1, 0.15) is 5.58 Å². The van der Waals surface area contributed by atoms with Crippen molar-refractivity contribution in [2.75, 3.05) is 0 Å². The summed E-state index contributed by atoms with van der Waals surface area (Å²) >= 11 is 0. The van der Waals surface area contributed by atoms with Crippen molar-refractivity contribution in [2.24, 2.45) is 0 Å². The van der Waals surface area contributed by atoms with Crippen LogP contribution in [0.1, 0.15) is 25.0 Å². The quantitative estimate of drug-likeness (QED) is 0.186. The van der Waals surface area contributed by atoms with Crippen molar-refractivity contribution >= 4 is 43.7 Å². The summed E-state index contributed by atoms with van der Waals surface area (Å²) in [4.78, 5) is 10.1. The predicted octanol–water partition coefficient (Wildman–Crippen LogP) is 12.8. The summed E-state index contributed by atoms with van der Waals surface area (Å²) < 4.78 is 9.34. The first-order valence-electron chi connectivity index (χ1n) is 18.2. The van der Waals surface area contributed by atoms with Crippen molar-refractivity contribution in [3.63, 3.8) is 0 Å². The molecule has 7 aromatic carbocycles. The first-order valence-corrected chi connectivity index (χ1v) is 18.2. The molecule has 0 saturated carbocycles. The van der Waals surface area contributed by atoms with E-state index in [-0.39, 0.29) is 5.41 Å². The third-order valence-electron chi connectivity index (χ3n) is 11.2. The van der Waals surface area contributed by atoms with Gasteiger partial charge < -0.3 is 8.98 Å². The fourth-order valence-corrected chi connectivity index (χ4v) is 8.81. The molecule has 0 unspecified atom stereocenters. The number of fused-ring (bicyclic) bond motifs is 12. The molecule has 0 radical (unpaired) electrons. The molecule has 0 bridgehead atoms. The van der Waals surface area contributed by atoms with Crippen LogP contribution in [0.5, 0.6) is 0 Å². The van der Waals surface area contributed by atoms with Gasteiger partial charge in [-0.2, -0.15) is 0 Å². The minimum atomic E-state index is -0.204. The zero-order valence-electron chi connectivity index (χ0n) is 29.3. The van der Waals surface area contributed by atoms with Gasteiger partial charge >= 0.3 is 0 Å². The van der Waals surface area contributed by atoms with Crippen molar-refractivity contribution in [3.05, 3.63) is 175 Å². The molecular weight excluding hydrogens is 647 g/mol. The molecule has 53 heavy (non-hydrogen) atoms. The summed E-state index contributed by atoms with van der Waals surface area (Å²) in [5, 5.41) is 4.81. The summed E-state index contributed by atoms with van der Waals surface area (Å²) in [5.74, 6) is 0.706. The van der Waals surface area contributed by atoms with Gasteiger partial charge in [-0.05, 0) is 52.6 Å². The SMILES string of the molecule is CC1(C)c2ccccc2-c2c1c1c3ccccc3oc1c1c2c2ccccc2n1-c1ccc(-c2cc(-c3ccccc3)nc(-c3ccccc3)n2)cc1. The van der Waals surface area contributed by atoms with Gasteiger partial charge in [-0.3, -0.25) is 0 Å². The lowest BCUT2D eigenvalue weighted by Gasteiger charge is -2.22. The molecule has 0 fully saturated rings. The van der Waals surface area contributed by atoms with E-state index in [2.05, 4.69) is 146 Å². The molecule has 11 rings (SSSR count). The molecule has 250 valence electrons. The number of rotatable bonds is 4. The fourth-order valence-electron chi connectivity index (χ4n) is 8.81. The van der Waals surface area contributed by atoms with E-state index in [1.807, 2.05) is 36.4 Å². The molecule has 10 aromatic rings. The van der Waals surface area contributed by atoms with Crippen LogP contribution in [0.15, 0.2) is 168 Å². The van der Waals surface area contributed by atoms with E-state index in [1.54, 1.807) is 0 Å².